The maximum Gasteiger partial charge on any atom is 0.311 e. The van der Waals surface area contributed by atoms with Crippen LogP contribution in [0.4, 0.5) is 0 Å². The highest BCUT2D eigenvalue weighted by molar-refractivity contribution is 5.73. The van der Waals surface area contributed by atoms with Crippen molar-refractivity contribution >= 4 is 5.97 Å². The molecule has 0 aliphatic carbocycles. The van der Waals surface area contributed by atoms with Crippen LogP contribution < -0.4 is 0 Å². The first-order valence-electron chi connectivity index (χ1n) is 7.84. The first-order valence-corrected chi connectivity index (χ1v) is 7.84. The minimum atomic E-state index is -0.794. The van der Waals surface area contributed by atoms with Crippen LogP contribution in [0.15, 0.2) is 24.3 Å². The largest absolute Gasteiger partial charge is 0.469 e. The summed E-state index contributed by atoms with van der Waals surface area (Å²) < 4.78 is 4.83. The topological polar surface area (TPSA) is 46.5 Å². The average Bonchev–Trinajstić information content (AvgIpc) is 2.47. The lowest BCUT2D eigenvalue weighted by atomic mass is 9.90. The number of unbranched alkanes of at least 4 members (excludes halogenated alkanes) is 1. The van der Waals surface area contributed by atoms with E-state index in [1.54, 1.807) is 0 Å². The van der Waals surface area contributed by atoms with Gasteiger partial charge in [-0.2, -0.15) is 0 Å². The van der Waals surface area contributed by atoms with Crippen LogP contribution in [0.1, 0.15) is 57.3 Å². The van der Waals surface area contributed by atoms with Gasteiger partial charge < -0.3 is 9.84 Å². The molecule has 21 heavy (non-hydrogen) atoms. The molecule has 2 unspecified atom stereocenters. The van der Waals surface area contributed by atoms with Crippen molar-refractivity contribution in [3.8, 4) is 0 Å². The molecule has 118 valence electrons. The number of hydrogen-bond acceptors (Lipinski definition) is 3. The third-order valence-corrected chi connectivity index (χ3v) is 3.72. The predicted molar refractivity (Wildman–Crippen MR) is 85.0 cm³/mol. The zero-order chi connectivity index (χ0) is 15.8. The third-order valence-electron chi connectivity index (χ3n) is 3.72. The maximum atomic E-state index is 11.9. The van der Waals surface area contributed by atoms with E-state index in [4.69, 9.17) is 4.74 Å². The van der Waals surface area contributed by atoms with Crippen LogP contribution >= 0.6 is 0 Å². The number of aliphatic hydroxyl groups excluding tert-OH is 1. The van der Waals surface area contributed by atoms with Gasteiger partial charge in [0.25, 0.3) is 0 Å². The fourth-order valence-electron chi connectivity index (χ4n) is 2.53. The molecule has 1 rings (SSSR count). The van der Waals surface area contributed by atoms with E-state index in [0.717, 1.165) is 24.8 Å². The van der Waals surface area contributed by atoms with Crippen molar-refractivity contribution in [2.45, 2.75) is 52.6 Å². The number of esters is 1. The van der Waals surface area contributed by atoms with Crippen molar-refractivity contribution in [1.82, 2.24) is 0 Å². The van der Waals surface area contributed by atoms with Crippen LogP contribution in [0.2, 0.25) is 0 Å². The molecule has 0 amide bonds. The van der Waals surface area contributed by atoms with E-state index >= 15 is 0 Å². The number of rotatable bonds is 8. The Morgan fingerprint density at radius 3 is 2.33 bits per heavy atom. The second kappa shape index (κ2) is 8.83. The number of aliphatic hydroxyl groups is 1. The lowest BCUT2D eigenvalue weighted by Gasteiger charge is -2.21. The Morgan fingerprint density at radius 2 is 1.86 bits per heavy atom. The van der Waals surface area contributed by atoms with E-state index in [0.29, 0.717) is 12.3 Å². The molecule has 0 bridgehead atoms. The predicted octanol–water partition coefficient (Wildman–Crippen LogP) is 3.90. The van der Waals surface area contributed by atoms with Crippen molar-refractivity contribution in [1.29, 1.82) is 0 Å². The van der Waals surface area contributed by atoms with E-state index in [2.05, 4.69) is 20.8 Å². The Kier molecular flexibility index (Phi) is 7.44. The molecule has 1 N–H and O–H groups in total. The highest BCUT2D eigenvalue weighted by atomic mass is 16.5. The van der Waals surface area contributed by atoms with Crippen LogP contribution in [-0.4, -0.2) is 18.2 Å². The van der Waals surface area contributed by atoms with E-state index < -0.39 is 12.0 Å². The van der Waals surface area contributed by atoms with Crippen molar-refractivity contribution in [3.05, 3.63) is 35.4 Å². The molecule has 0 spiro atoms. The molecule has 0 heterocycles. The second-order valence-corrected chi connectivity index (χ2v) is 6.06. The lowest BCUT2D eigenvalue weighted by Crippen LogP contribution is -2.23. The standard InChI is InChI=1S/C18H28O3/c1-5-6-7-16(18(20)21-4)17(19)15-10-8-14(9-11-15)12-13(2)3/h8-11,13,16-17,19H,5-7,12H2,1-4H3. The van der Waals surface area contributed by atoms with E-state index in [1.165, 1.54) is 12.7 Å². The number of carbonyl (C=O) groups excluding carboxylic acids is 1. The monoisotopic (exact) mass is 292 g/mol. The summed E-state index contributed by atoms with van der Waals surface area (Å²) in [4.78, 5) is 11.9. The molecule has 1 aromatic rings. The Balaban J connectivity index is 2.82. The molecule has 1 aromatic carbocycles. The average molecular weight is 292 g/mol. The minimum Gasteiger partial charge on any atom is -0.469 e. The molecule has 0 aliphatic rings. The Bertz CT molecular complexity index is 423. The summed E-state index contributed by atoms with van der Waals surface area (Å²) in [5.74, 6) is -0.207. The van der Waals surface area contributed by atoms with Crippen molar-refractivity contribution in [2.75, 3.05) is 7.11 Å². The Hall–Kier alpha value is -1.35. The maximum absolute atomic E-state index is 11.9. The second-order valence-electron chi connectivity index (χ2n) is 6.06. The number of carbonyl (C=O) groups is 1. The number of benzene rings is 1. The van der Waals surface area contributed by atoms with Gasteiger partial charge in [-0.05, 0) is 29.9 Å². The van der Waals surface area contributed by atoms with Crippen LogP contribution in [0.5, 0.6) is 0 Å². The lowest BCUT2D eigenvalue weighted by molar-refractivity contribution is -0.150. The summed E-state index contributed by atoms with van der Waals surface area (Å²) in [5, 5.41) is 10.5. The number of ether oxygens (including phenoxy) is 1. The quantitative estimate of drug-likeness (QED) is 0.739. The molecule has 0 radical (unpaired) electrons. The van der Waals surface area contributed by atoms with Gasteiger partial charge in [-0.1, -0.05) is 57.9 Å². The zero-order valence-electron chi connectivity index (χ0n) is 13.6. The van der Waals surface area contributed by atoms with Crippen LogP contribution in [-0.2, 0) is 16.0 Å². The molecule has 3 heteroatoms. The van der Waals surface area contributed by atoms with Gasteiger partial charge in [0.05, 0.1) is 19.1 Å². The summed E-state index contributed by atoms with van der Waals surface area (Å²) >= 11 is 0. The summed E-state index contributed by atoms with van der Waals surface area (Å²) in [6, 6.07) is 7.91. The van der Waals surface area contributed by atoms with Gasteiger partial charge in [-0.15, -0.1) is 0 Å². The van der Waals surface area contributed by atoms with Crippen molar-refractivity contribution in [3.63, 3.8) is 0 Å². The summed E-state index contributed by atoms with van der Waals surface area (Å²) in [6.07, 6.45) is 2.78. The smallest absolute Gasteiger partial charge is 0.311 e. The number of methoxy groups -OCH3 is 1. The zero-order valence-corrected chi connectivity index (χ0v) is 13.6. The molecule has 3 nitrogen and oxygen atoms in total. The van der Waals surface area contributed by atoms with Crippen molar-refractivity contribution in [2.24, 2.45) is 11.8 Å². The molecule has 0 saturated heterocycles. The van der Waals surface area contributed by atoms with Gasteiger partial charge >= 0.3 is 5.97 Å². The van der Waals surface area contributed by atoms with Crippen LogP contribution in [0, 0.1) is 11.8 Å². The molecule has 0 aromatic heterocycles. The van der Waals surface area contributed by atoms with Crippen LogP contribution in [0.25, 0.3) is 0 Å². The minimum absolute atomic E-state index is 0.331. The summed E-state index contributed by atoms with van der Waals surface area (Å²) in [6.45, 7) is 6.43. The fraction of sp³-hybridized carbons (Fsp3) is 0.611. The summed E-state index contributed by atoms with van der Waals surface area (Å²) in [7, 11) is 1.37. The molecular weight excluding hydrogens is 264 g/mol. The van der Waals surface area contributed by atoms with E-state index in [-0.39, 0.29) is 5.97 Å². The number of hydrogen-bond donors (Lipinski definition) is 1. The summed E-state index contributed by atoms with van der Waals surface area (Å²) in [5.41, 5.74) is 2.04. The van der Waals surface area contributed by atoms with Gasteiger partial charge in [0.15, 0.2) is 0 Å². The van der Waals surface area contributed by atoms with Gasteiger partial charge in [0.2, 0.25) is 0 Å². The Morgan fingerprint density at radius 1 is 1.24 bits per heavy atom. The molecule has 0 aliphatic heterocycles. The highest BCUT2D eigenvalue weighted by Crippen LogP contribution is 2.28. The first-order chi connectivity index (χ1) is 9.99. The SMILES string of the molecule is CCCCC(C(=O)OC)C(O)c1ccc(CC(C)C)cc1. The van der Waals surface area contributed by atoms with Crippen LogP contribution in [0.3, 0.4) is 0 Å². The molecule has 0 fully saturated rings. The van der Waals surface area contributed by atoms with Gasteiger partial charge in [-0.25, -0.2) is 0 Å². The first kappa shape index (κ1) is 17.7. The van der Waals surface area contributed by atoms with Gasteiger partial charge in [-0.3, -0.25) is 4.79 Å². The highest BCUT2D eigenvalue weighted by Gasteiger charge is 2.28. The normalized spacial score (nSPS) is 14.0. The third kappa shape index (κ3) is 5.50. The molecule has 0 saturated carbocycles. The molecular formula is C18H28O3. The van der Waals surface area contributed by atoms with Gasteiger partial charge in [0, 0.05) is 0 Å². The van der Waals surface area contributed by atoms with E-state index in [9.17, 15) is 9.90 Å². The van der Waals surface area contributed by atoms with Crippen molar-refractivity contribution < 1.29 is 14.6 Å². The van der Waals surface area contributed by atoms with E-state index in [1.807, 2.05) is 24.3 Å². The van der Waals surface area contributed by atoms with Gasteiger partial charge in [0.1, 0.15) is 0 Å². The Labute approximate surface area is 128 Å². The molecule has 2 atom stereocenters. The fourth-order valence-corrected chi connectivity index (χ4v) is 2.53.